The second-order valence-electron chi connectivity index (χ2n) is 2.94. The molecule has 2 nitrogen and oxygen atoms in total. The first-order valence-corrected chi connectivity index (χ1v) is 5.14. The van der Waals surface area contributed by atoms with Gasteiger partial charge in [-0.1, -0.05) is 28.9 Å². The molecule has 0 fully saturated rings. The molecule has 0 amide bonds. The van der Waals surface area contributed by atoms with Gasteiger partial charge in [-0.05, 0) is 23.3 Å². The van der Waals surface area contributed by atoms with Gasteiger partial charge in [-0.25, -0.2) is 0 Å². The normalized spacial score (nSPS) is 12.5. The van der Waals surface area contributed by atoms with Gasteiger partial charge in [0.2, 0.25) is 0 Å². The molecule has 70 valence electrons. The van der Waals surface area contributed by atoms with E-state index in [0.717, 1.165) is 17.4 Å². The van der Waals surface area contributed by atoms with E-state index in [2.05, 4.69) is 15.9 Å². The third kappa shape index (κ3) is 2.31. The minimum atomic E-state index is -0.117. The van der Waals surface area contributed by atoms with Gasteiger partial charge in [-0.3, -0.25) is 0 Å². The van der Waals surface area contributed by atoms with Gasteiger partial charge in [0.1, 0.15) is 12.0 Å². The second-order valence-corrected chi connectivity index (χ2v) is 3.50. The largest absolute Gasteiger partial charge is 0.508 e. The summed E-state index contributed by atoms with van der Waals surface area (Å²) in [6, 6.07) is 5.05. The van der Waals surface area contributed by atoms with Crippen molar-refractivity contribution in [2.24, 2.45) is 0 Å². The molecule has 1 atom stereocenters. The predicted octanol–water partition coefficient (Wildman–Crippen LogP) is 2.59. The van der Waals surface area contributed by atoms with Crippen molar-refractivity contribution in [1.82, 2.24) is 0 Å². The molecule has 1 aromatic carbocycles. The van der Waals surface area contributed by atoms with E-state index in [9.17, 15) is 9.90 Å². The number of hydrogen-bond donors (Lipinski definition) is 1. The highest BCUT2D eigenvalue weighted by atomic mass is 79.9. The number of aldehydes is 1. The zero-order valence-corrected chi connectivity index (χ0v) is 8.91. The van der Waals surface area contributed by atoms with Crippen LogP contribution in [0.25, 0.3) is 0 Å². The van der Waals surface area contributed by atoms with E-state index in [1.807, 2.05) is 6.92 Å². The first kappa shape index (κ1) is 10.3. The quantitative estimate of drug-likeness (QED) is 0.654. The van der Waals surface area contributed by atoms with Crippen molar-refractivity contribution in [1.29, 1.82) is 0 Å². The lowest BCUT2D eigenvalue weighted by Crippen LogP contribution is -1.98. The van der Waals surface area contributed by atoms with E-state index in [1.165, 1.54) is 0 Å². The molecular formula is C10H11BrO2. The fourth-order valence-corrected chi connectivity index (χ4v) is 1.71. The van der Waals surface area contributed by atoms with Crippen molar-refractivity contribution < 1.29 is 9.90 Å². The third-order valence-corrected chi connectivity index (χ3v) is 2.57. The first-order chi connectivity index (χ1) is 6.19. The fourth-order valence-electron chi connectivity index (χ4n) is 1.23. The minimum absolute atomic E-state index is 0.117. The van der Waals surface area contributed by atoms with Crippen LogP contribution in [0.15, 0.2) is 18.2 Å². The molecule has 3 heteroatoms. The molecule has 0 aliphatic heterocycles. The number of alkyl halides is 1. The molecule has 1 aromatic rings. The SMILES string of the molecule is CC(C=O)c1ccc(O)cc1CBr. The summed E-state index contributed by atoms with van der Waals surface area (Å²) < 4.78 is 0. The summed E-state index contributed by atoms with van der Waals surface area (Å²) in [6.07, 6.45) is 0.901. The second kappa shape index (κ2) is 4.42. The standard InChI is InChI=1S/C10H11BrO2/c1-7(6-12)10-3-2-9(13)4-8(10)5-11/h2-4,6-7,13H,5H2,1H3. The van der Waals surface area contributed by atoms with Gasteiger partial charge in [0.15, 0.2) is 0 Å². The zero-order valence-electron chi connectivity index (χ0n) is 7.33. The highest BCUT2D eigenvalue weighted by Gasteiger charge is 2.09. The lowest BCUT2D eigenvalue weighted by Gasteiger charge is -2.09. The molecule has 0 bridgehead atoms. The maximum Gasteiger partial charge on any atom is 0.127 e. The summed E-state index contributed by atoms with van der Waals surface area (Å²) in [5.74, 6) is 0.115. The lowest BCUT2D eigenvalue weighted by atomic mass is 9.98. The Bertz CT molecular complexity index is 310. The lowest BCUT2D eigenvalue weighted by molar-refractivity contribution is -0.108. The summed E-state index contributed by atoms with van der Waals surface area (Å²) in [4.78, 5) is 10.6. The number of phenolic OH excluding ortho intramolecular Hbond substituents is 1. The van der Waals surface area contributed by atoms with Gasteiger partial charge in [0.25, 0.3) is 0 Å². The van der Waals surface area contributed by atoms with E-state index in [1.54, 1.807) is 18.2 Å². The van der Waals surface area contributed by atoms with Crippen molar-refractivity contribution in [2.45, 2.75) is 18.2 Å². The Morgan fingerprint density at radius 2 is 2.31 bits per heavy atom. The van der Waals surface area contributed by atoms with Crippen LogP contribution in [-0.4, -0.2) is 11.4 Å². The highest BCUT2D eigenvalue weighted by molar-refractivity contribution is 9.08. The molecule has 1 N–H and O–H groups in total. The summed E-state index contributed by atoms with van der Waals surface area (Å²) in [5, 5.41) is 9.86. The van der Waals surface area contributed by atoms with Crippen LogP contribution in [0.1, 0.15) is 24.0 Å². The third-order valence-electron chi connectivity index (χ3n) is 1.97. The van der Waals surface area contributed by atoms with Crippen LogP contribution >= 0.6 is 15.9 Å². The van der Waals surface area contributed by atoms with E-state index in [-0.39, 0.29) is 11.7 Å². The van der Waals surface area contributed by atoms with Gasteiger partial charge in [0.05, 0.1) is 0 Å². The van der Waals surface area contributed by atoms with Gasteiger partial charge >= 0.3 is 0 Å². The number of carbonyl (C=O) groups excluding carboxylic acids is 1. The summed E-state index contributed by atoms with van der Waals surface area (Å²) >= 11 is 3.31. The van der Waals surface area contributed by atoms with Crippen LogP contribution in [0.3, 0.4) is 0 Å². The fraction of sp³-hybridized carbons (Fsp3) is 0.300. The highest BCUT2D eigenvalue weighted by Crippen LogP contribution is 2.24. The molecular weight excluding hydrogens is 232 g/mol. The van der Waals surface area contributed by atoms with Crippen LogP contribution in [-0.2, 0) is 10.1 Å². The molecule has 0 aliphatic carbocycles. The van der Waals surface area contributed by atoms with Crippen LogP contribution in [0.2, 0.25) is 0 Å². The van der Waals surface area contributed by atoms with E-state index < -0.39 is 0 Å². The van der Waals surface area contributed by atoms with Crippen LogP contribution in [0, 0.1) is 0 Å². The number of benzene rings is 1. The molecule has 0 aromatic heterocycles. The van der Waals surface area contributed by atoms with Crippen LogP contribution in [0.4, 0.5) is 0 Å². The average Bonchev–Trinajstić information content (AvgIpc) is 2.16. The number of phenols is 1. The average molecular weight is 243 g/mol. The van der Waals surface area contributed by atoms with Crippen molar-refractivity contribution in [3.8, 4) is 5.75 Å². The number of hydrogen-bond acceptors (Lipinski definition) is 2. The topological polar surface area (TPSA) is 37.3 Å². The van der Waals surface area contributed by atoms with Crippen molar-refractivity contribution in [2.75, 3.05) is 0 Å². The molecule has 13 heavy (non-hydrogen) atoms. The number of aromatic hydroxyl groups is 1. The predicted molar refractivity (Wildman–Crippen MR) is 55.2 cm³/mol. The van der Waals surface area contributed by atoms with Crippen molar-refractivity contribution >= 4 is 22.2 Å². The maximum atomic E-state index is 10.6. The molecule has 0 spiro atoms. The first-order valence-electron chi connectivity index (χ1n) is 4.02. The van der Waals surface area contributed by atoms with Crippen LogP contribution < -0.4 is 0 Å². The summed E-state index contributed by atoms with van der Waals surface area (Å²) in [6.45, 7) is 1.84. The summed E-state index contributed by atoms with van der Waals surface area (Å²) in [5.41, 5.74) is 1.92. The summed E-state index contributed by atoms with van der Waals surface area (Å²) in [7, 11) is 0. The number of carbonyl (C=O) groups is 1. The molecule has 0 radical (unpaired) electrons. The van der Waals surface area contributed by atoms with Crippen molar-refractivity contribution in [3.63, 3.8) is 0 Å². The Morgan fingerprint density at radius 1 is 1.62 bits per heavy atom. The maximum absolute atomic E-state index is 10.6. The smallest absolute Gasteiger partial charge is 0.127 e. The number of rotatable bonds is 3. The van der Waals surface area contributed by atoms with E-state index >= 15 is 0 Å². The minimum Gasteiger partial charge on any atom is -0.508 e. The zero-order chi connectivity index (χ0) is 9.84. The molecule has 1 unspecified atom stereocenters. The van der Waals surface area contributed by atoms with E-state index in [4.69, 9.17) is 0 Å². The Morgan fingerprint density at radius 3 is 2.85 bits per heavy atom. The molecule has 0 aliphatic rings. The Balaban J connectivity index is 3.12. The van der Waals surface area contributed by atoms with Gasteiger partial charge < -0.3 is 9.90 Å². The van der Waals surface area contributed by atoms with Gasteiger partial charge in [-0.15, -0.1) is 0 Å². The Labute approximate surface area is 85.7 Å². The number of halogens is 1. The van der Waals surface area contributed by atoms with Crippen LogP contribution in [0.5, 0.6) is 5.75 Å². The Hall–Kier alpha value is -0.830. The van der Waals surface area contributed by atoms with E-state index in [0.29, 0.717) is 5.33 Å². The van der Waals surface area contributed by atoms with Gasteiger partial charge in [-0.2, -0.15) is 0 Å². The molecule has 0 heterocycles. The monoisotopic (exact) mass is 242 g/mol. The van der Waals surface area contributed by atoms with Gasteiger partial charge in [0, 0.05) is 11.2 Å². The molecule has 0 saturated heterocycles. The molecule has 0 saturated carbocycles. The molecule has 1 rings (SSSR count). The van der Waals surface area contributed by atoms with Crippen molar-refractivity contribution in [3.05, 3.63) is 29.3 Å². The Kier molecular flexibility index (Phi) is 3.48.